The summed E-state index contributed by atoms with van der Waals surface area (Å²) in [5.74, 6) is -0.497. The molecule has 1 N–H and O–H groups in total. The summed E-state index contributed by atoms with van der Waals surface area (Å²) in [6.07, 6.45) is 1.96. The van der Waals surface area contributed by atoms with Gasteiger partial charge in [-0.3, -0.25) is 9.59 Å². The van der Waals surface area contributed by atoms with Crippen LogP contribution in [0.15, 0.2) is 36.4 Å². The number of hydrogen-bond acceptors (Lipinski definition) is 3. The second-order valence-electron chi connectivity index (χ2n) is 6.24. The zero-order valence-electron chi connectivity index (χ0n) is 15.3. The van der Waals surface area contributed by atoms with Gasteiger partial charge in [-0.2, -0.15) is 0 Å². The van der Waals surface area contributed by atoms with E-state index in [-0.39, 0.29) is 23.2 Å². The van der Waals surface area contributed by atoms with Crippen molar-refractivity contribution in [2.45, 2.75) is 33.6 Å². The molecule has 2 aromatic rings. The predicted molar refractivity (Wildman–Crippen MR) is 100.0 cm³/mol. The van der Waals surface area contributed by atoms with Crippen molar-refractivity contribution in [3.8, 4) is 0 Å². The molecule has 0 atom stereocenters. The number of nitrogens with one attached hydrogen (secondary N) is 1. The Balaban J connectivity index is 2.13. The van der Waals surface area contributed by atoms with Crippen molar-refractivity contribution in [1.82, 2.24) is 9.88 Å². The quantitative estimate of drug-likeness (QED) is 0.870. The van der Waals surface area contributed by atoms with E-state index in [1.807, 2.05) is 32.0 Å². The van der Waals surface area contributed by atoms with Crippen LogP contribution in [0, 0.1) is 13.8 Å². The molecule has 1 aromatic heterocycles. The Hall–Kier alpha value is -2.69. The standard InChI is InChI=1S/C20H25N3O2/c1-5-6-12-23(4)20(25)18-9-7-8-17(22-18)19(24)21-16-11-10-14(2)15(3)13-16/h7-11,13H,5-6,12H2,1-4H3,(H,21,24). The first-order chi connectivity index (χ1) is 11.9. The van der Waals surface area contributed by atoms with Crippen LogP contribution in [-0.2, 0) is 0 Å². The number of aromatic nitrogens is 1. The number of carbonyl (C=O) groups excluding carboxylic acids is 2. The van der Waals surface area contributed by atoms with Gasteiger partial charge in [0.1, 0.15) is 11.4 Å². The van der Waals surface area contributed by atoms with Gasteiger partial charge in [0.2, 0.25) is 0 Å². The predicted octanol–water partition coefficient (Wildman–Crippen LogP) is 3.82. The fourth-order valence-electron chi connectivity index (χ4n) is 2.39. The number of unbranched alkanes of at least 4 members (excludes halogenated alkanes) is 1. The summed E-state index contributed by atoms with van der Waals surface area (Å²) in [6.45, 7) is 6.77. The summed E-state index contributed by atoms with van der Waals surface area (Å²) in [6, 6.07) is 10.7. The summed E-state index contributed by atoms with van der Waals surface area (Å²) in [5, 5.41) is 2.83. The Kier molecular flexibility index (Phi) is 6.28. The molecule has 132 valence electrons. The fraction of sp³-hybridized carbons (Fsp3) is 0.350. The Morgan fingerprint density at radius 3 is 2.48 bits per heavy atom. The lowest BCUT2D eigenvalue weighted by atomic mass is 10.1. The van der Waals surface area contributed by atoms with Gasteiger partial charge in [0, 0.05) is 19.3 Å². The Labute approximate surface area is 149 Å². The third-order valence-corrected chi connectivity index (χ3v) is 4.16. The first-order valence-corrected chi connectivity index (χ1v) is 8.53. The minimum Gasteiger partial charge on any atom is -0.340 e. The van der Waals surface area contributed by atoms with Gasteiger partial charge in [0.25, 0.3) is 11.8 Å². The molecule has 2 amide bonds. The zero-order valence-corrected chi connectivity index (χ0v) is 15.3. The molecule has 0 saturated heterocycles. The number of aryl methyl sites for hydroxylation is 2. The summed E-state index contributed by atoms with van der Waals surface area (Å²) < 4.78 is 0. The van der Waals surface area contributed by atoms with Crippen LogP contribution < -0.4 is 5.32 Å². The molecule has 1 aromatic carbocycles. The molecular formula is C20H25N3O2. The molecule has 1 heterocycles. The zero-order chi connectivity index (χ0) is 18.4. The SMILES string of the molecule is CCCCN(C)C(=O)c1cccc(C(=O)Nc2ccc(C)c(C)c2)n1. The summed E-state index contributed by atoms with van der Waals surface area (Å²) in [7, 11) is 1.75. The molecule has 0 aliphatic carbocycles. The van der Waals surface area contributed by atoms with Gasteiger partial charge in [-0.15, -0.1) is 0 Å². The van der Waals surface area contributed by atoms with Crippen LogP contribution in [0.25, 0.3) is 0 Å². The van der Waals surface area contributed by atoms with Crippen LogP contribution in [0.1, 0.15) is 51.9 Å². The van der Waals surface area contributed by atoms with Gasteiger partial charge >= 0.3 is 0 Å². The van der Waals surface area contributed by atoms with E-state index in [9.17, 15) is 9.59 Å². The number of amides is 2. The van der Waals surface area contributed by atoms with E-state index < -0.39 is 0 Å². The molecular weight excluding hydrogens is 314 g/mol. The topological polar surface area (TPSA) is 62.3 Å². The van der Waals surface area contributed by atoms with Gasteiger partial charge in [0.05, 0.1) is 0 Å². The van der Waals surface area contributed by atoms with Crippen LogP contribution in [0.3, 0.4) is 0 Å². The fourth-order valence-corrected chi connectivity index (χ4v) is 2.39. The minimum atomic E-state index is -0.325. The number of anilines is 1. The number of pyridine rings is 1. The van der Waals surface area contributed by atoms with Gasteiger partial charge in [0.15, 0.2) is 0 Å². The molecule has 25 heavy (non-hydrogen) atoms. The molecule has 0 radical (unpaired) electrons. The molecule has 0 aliphatic rings. The number of carbonyl (C=O) groups is 2. The van der Waals surface area contributed by atoms with E-state index in [1.54, 1.807) is 30.1 Å². The molecule has 0 unspecified atom stereocenters. The lowest BCUT2D eigenvalue weighted by Gasteiger charge is -2.16. The lowest BCUT2D eigenvalue weighted by Crippen LogP contribution is -2.29. The lowest BCUT2D eigenvalue weighted by molar-refractivity contribution is 0.0787. The maximum absolute atomic E-state index is 12.4. The van der Waals surface area contributed by atoms with Crippen molar-refractivity contribution in [1.29, 1.82) is 0 Å². The van der Waals surface area contributed by atoms with Crippen molar-refractivity contribution in [3.05, 3.63) is 58.9 Å². The third kappa shape index (κ3) is 4.89. The average molecular weight is 339 g/mol. The van der Waals surface area contributed by atoms with E-state index in [0.29, 0.717) is 12.2 Å². The molecule has 5 heteroatoms. The maximum Gasteiger partial charge on any atom is 0.274 e. The summed E-state index contributed by atoms with van der Waals surface area (Å²) >= 11 is 0. The van der Waals surface area contributed by atoms with Crippen LogP contribution in [0.5, 0.6) is 0 Å². The second kappa shape index (κ2) is 8.42. The van der Waals surface area contributed by atoms with E-state index in [4.69, 9.17) is 0 Å². The van der Waals surface area contributed by atoms with Gasteiger partial charge in [-0.05, 0) is 55.7 Å². The van der Waals surface area contributed by atoms with Crippen molar-refractivity contribution in [2.24, 2.45) is 0 Å². The highest BCUT2D eigenvalue weighted by Gasteiger charge is 2.15. The van der Waals surface area contributed by atoms with Crippen LogP contribution in [0.4, 0.5) is 5.69 Å². The van der Waals surface area contributed by atoms with E-state index in [0.717, 1.165) is 18.4 Å². The van der Waals surface area contributed by atoms with Crippen molar-refractivity contribution in [3.63, 3.8) is 0 Å². The third-order valence-electron chi connectivity index (χ3n) is 4.16. The summed E-state index contributed by atoms with van der Waals surface area (Å²) in [4.78, 5) is 30.7. The molecule has 2 rings (SSSR count). The highest BCUT2D eigenvalue weighted by Crippen LogP contribution is 2.15. The number of nitrogens with zero attached hydrogens (tertiary/aromatic N) is 2. The molecule has 0 aliphatic heterocycles. The monoisotopic (exact) mass is 339 g/mol. The van der Waals surface area contributed by atoms with Crippen molar-refractivity contribution < 1.29 is 9.59 Å². The molecule has 0 spiro atoms. The number of hydrogen-bond donors (Lipinski definition) is 1. The Morgan fingerprint density at radius 2 is 1.80 bits per heavy atom. The van der Waals surface area contributed by atoms with Crippen LogP contribution in [-0.4, -0.2) is 35.3 Å². The molecule has 5 nitrogen and oxygen atoms in total. The van der Waals surface area contributed by atoms with Crippen LogP contribution >= 0.6 is 0 Å². The highest BCUT2D eigenvalue weighted by molar-refractivity contribution is 6.03. The molecule has 0 bridgehead atoms. The summed E-state index contributed by atoms with van der Waals surface area (Å²) in [5.41, 5.74) is 3.50. The first-order valence-electron chi connectivity index (χ1n) is 8.53. The van der Waals surface area contributed by atoms with E-state index in [1.165, 1.54) is 5.56 Å². The first kappa shape index (κ1) is 18.6. The minimum absolute atomic E-state index is 0.172. The van der Waals surface area contributed by atoms with Gasteiger partial charge in [-0.1, -0.05) is 25.5 Å². The number of benzene rings is 1. The Bertz CT molecular complexity index is 771. The van der Waals surface area contributed by atoms with E-state index in [2.05, 4.69) is 17.2 Å². The Morgan fingerprint density at radius 1 is 1.08 bits per heavy atom. The van der Waals surface area contributed by atoms with Gasteiger partial charge < -0.3 is 10.2 Å². The van der Waals surface area contributed by atoms with Crippen molar-refractivity contribution >= 4 is 17.5 Å². The molecule has 0 fully saturated rings. The number of rotatable bonds is 6. The second-order valence-corrected chi connectivity index (χ2v) is 6.24. The average Bonchev–Trinajstić information content (AvgIpc) is 2.62. The highest BCUT2D eigenvalue weighted by atomic mass is 16.2. The van der Waals surface area contributed by atoms with Gasteiger partial charge in [-0.25, -0.2) is 4.98 Å². The van der Waals surface area contributed by atoms with E-state index >= 15 is 0 Å². The normalized spacial score (nSPS) is 10.4. The van der Waals surface area contributed by atoms with Crippen molar-refractivity contribution in [2.75, 3.05) is 18.9 Å². The smallest absolute Gasteiger partial charge is 0.274 e. The van der Waals surface area contributed by atoms with Crippen LogP contribution in [0.2, 0.25) is 0 Å². The largest absolute Gasteiger partial charge is 0.340 e. The molecule has 0 saturated carbocycles. The maximum atomic E-state index is 12.4.